The highest BCUT2D eigenvalue weighted by molar-refractivity contribution is 5.88. The second kappa shape index (κ2) is 10.3. The molecule has 1 saturated carbocycles. The molecule has 0 N–H and O–H groups in total. The van der Waals surface area contributed by atoms with Gasteiger partial charge < -0.3 is 14.5 Å². The van der Waals surface area contributed by atoms with Gasteiger partial charge in [-0.25, -0.2) is 18.3 Å². The van der Waals surface area contributed by atoms with E-state index in [0.717, 1.165) is 5.56 Å². The lowest BCUT2D eigenvalue weighted by Crippen LogP contribution is -2.41. The molecule has 1 fully saturated rings. The number of alkyl halides is 2. The van der Waals surface area contributed by atoms with E-state index in [1.165, 1.54) is 11.0 Å². The Hall–Kier alpha value is -3.34. The maximum Gasteiger partial charge on any atom is 0.255 e. The number of carbonyl (C=O) groups excluding carboxylic acids is 1. The van der Waals surface area contributed by atoms with Crippen molar-refractivity contribution in [3.63, 3.8) is 0 Å². The van der Waals surface area contributed by atoms with E-state index >= 15 is 0 Å². The normalized spacial score (nSPS) is 18.6. The molecule has 4 rings (SSSR count). The van der Waals surface area contributed by atoms with Crippen LogP contribution in [0.2, 0.25) is 0 Å². The molecule has 9 nitrogen and oxygen atoms in total. The lowest BCUT2D eigenvalue weighted by atomic mass is 10.2. The van der Waals surface area contributed by atoms with Gasteiger partial charge in [0.15, 0.2) is 0 Å². The van der Waals surface area contributed by atoms with Crippen LogP contribution in [0, 0.1) is 0 Å². The summed E-state index contributed by atoms with van der Waals surface area (Å²) in [5.41, 5.74) is 2.20. The van der Waals surface area contributed by atoms with Crippen molar-refractivity contribution >= 4 is 11.4 Å². The molecule has 0 aliphatic heterocycles. The molecule has 0 unspecified atom stereocenters. The summed E-state index contributed by atoms with van der Waals surface area (Å²) < 4.78 is 36.1. The molecule has 3 aromatic heterocycles. The third-order valence-corrected chi connectivity index (χ3v) is 5.78. The first-order chi connectivity index (χ1) is 16.3. The van der Waals surface area contributed by atoms with Crippen LogP contribution in [-0.2, 0) is 11.8 Å². The van der Waals surface area contributed by atoms with E-state index in [1.807, 2.05) is 38.3 Å². The minimum Gasteiger partial charge on any atom is -0.473 e. The first kappa shape index (κ1) is 23.8. The molecule has 3 aromatic rings. The molecular formula is C23H29F2N7O2. The minimum atomic E-state index is -2.60. The van der Waals surface area contributed by atoms with Crippen molar-refractivity contribution in [2.45, 2.75) is 37.8 Å². The zero-order chi connectivity index (χ0) is 24.2. The van der Waals surface area contributed by atoms with Crippen LogP contribution in [0.1, 0.15) is 19.3 Å². The van der Waals surface area contributed by atoms with Gasteiger partial charge in [0.05, 0.1) is 30.8 Å². The topological polar surface area (TPSA) is 80.8 Å². The Morgan fingerprint density at radius 2 is 2.12 bits per heavy atom. The molecular weight excluding hydrogens is 444 g/mol. The van der Waals surface area contributed by atoms with Crippen molar-refractivity contribution in [2.75, 3.05) is 27.2 Å². The molecule has 34 heavy (non-hydrogen) atoms. The van der Waals surface area contributed by atoms with Crippen LogP contribution in [0.3, 0.4) is 0 Å². The molecule has 182 valence electrons. The Labute approximate surface area is 196 Å². The number of aryl methyl sites for hydroxylation is 1. The zero-order valence-corrected chi connectivity index (χ0v) is 19.5. The van der Waals surface area contributed by atoms with E-state index in [-0.39, 0.29) is 12.1 Å². The highest BCUT2D eigenvalue weighted by Crippen LogP contribution is 2.31. The lowest BCUT2D eigenvalue weighted by Gasteiger charge is -2.28. The second-order valence-corrected chi connectivity index (χ2v) is 8.75. The maximum absolute atomic E-state index is 13.3. The van der Waals surface area contributed by atoms with E-state index in [0.29, 0.717) is 42.9 Å². The monoisotopic (exact) mass is 473 g/mol. The van der Waals surface area contributed by atoms with Gasteiger partial charge in [-0.15, -0.1) is 0 Å². The predicted molar refractivity (Wildman–Crippen MR) is 123 cm³/mol. The summed E-state index contributed by atoms with van der Waals surface area (Å²) >= 11 is 0. The van der Waals surface area contributed by atoms with Gasteiger partial charge in [0.2, 0.25) is 11.8 Å². The molecule has 11 heteroatoms. The van der Waals surface area contributed by atoms with Crippen LogP contribution in [0.5, 0.6) is 5.88 Å². The molecule has 1 amide bonds. The average molecular weight is 474 g/mol. The summed E-state index contributed by atoms with van der Waals surface area (Å²) in [7, 11) is 5.58. The first-order valence-electron chi connectivity index (χ1n) is 11.2. The Kier molecular flexibility index (Phi) is 7.20. The number of carbonyl (C=O) groups is 1. The smallest absolute Gasteiger partial charge is 0.255 e. The van der Waals surface area contributed by atoms with E-state index in [1.54, 1.807) is 33.9 Å². The summed E-state index contributed by atoms with van der Waals surface area (Å²) in [6.45, 7) is -0.0327. The number of hydrogen-bond acceptors (Lipinski definition) is 6. The second-order valence-electron chi connectivity index (χ2n) is 8.75. The van der Waals surface area contributed by atoms with Crippen LogP contribution in [0.4, 0.5) is 8.78 Å². The van der Waals surface area contributed by atoms with Crippen LogP contribution < -0.4 is 4.74 Å². The average Bonchev–Trinajstić information content (AvgIpc) is 3.52. The number of amides is 1. The van der Waals surface area contributed by atoms with Gasteiger partial charge >= 0.3 is 0 Å². The lowest BCUT2D eigenvalue weighted by molar-refractivity contribution is -0.130. The number of hydrogen-bond donors (Lipinski definition) is 0. The van der Waals surface area contributed by atoms with Gasteiger partial charge in [-0.2, -0.15) is 10.2 Å². The number of likely N-dealkylation sites (N-methyl/N-ethyl adjacent to an activating group) is 1. The highest BCUT2D eigenvalue weighted by Gasteiger charge is 2.34. The fraction of sp³-hybridized carbons (Fsp3) is 0.478. The summed E-state index contributed by atoms with van der Waals surface area (Å²) in [5, 5.41) is 8.50. The molecule has 1 aliphatic carbocycles. The van der Waals surface area contributed by atoms with Crippen molar-refractivity contribution in [3.05, 3.63) is 43.0 Å². The minimum absolute atomic E-state index is 0.251. The SMILES string of the molecule is CN(C)C/C=C/C(=O)N(CC(F)F)[C@H]1CC[C@@H](Oc2nc(-c3cnn(C)c3)cn3nccc23)C1. The van der Waals surface area contributed by atoms with Crippen molar-refractivity contribution in [1.29, 1.82) is 0 Å². The Balaban J connectivity index is 1.50. The molecule has 0 aromatic carbocycles. The molecule has 2 atom stereocenters. The molecule has 3 heterocycles. The van der Waals surface area contributed by atoms with Gasteiger partial charge in [-0.05, 0) is 33.0 Å². The van der Waals surface area contributed by atoms with Crippen molar-refractivity contribution < 1.29 is 18.3 Å². The molecule has 0 radical (unpaired) electrons. The van der Waals surface area contributed by atoms with Crippen LogP contribution in [0.25, 0.3) is 16.8 Å². The van der Waals surface area contributed by atoms with Gasteiger partial charge in [0, 0.05) is 43.9 Å². The van der Waals surface area contributed by atoms with E-state index in [2.05, 4.69) is 15.2 Å². The van der Waals surface area contributed by atoms with Crippen molar-refractivity contribution in [2.24, 2.45) is 7.05 Å². The molecule has 1 aliphatic rings. The van der Waals surface area contributed by atoms with Crippen molar-refractivity contribution in [1.82, 2.24) is 34.2 Å². The highest BCUT2D eigenvalue weighted by atomic mass is 19.3. The van der Waals surface area contributed by atoms with Gasteiger partial charge in [0.25, 0.3) is 6.43 Å². The third kappa shape index (κ3) is 5.58. The summed E-state index contributed by atoms with van der Waals surface area (Å²) in [5.74, 6) is 0.0183. The van der Waals surface area contributed by atoms with Gasteiger partial charge in [-0.1, -0.05) is 6.08 Å². The number of aromatic nitrogens is 5. The summed E-state index contributed by atoms with van der Waals surface area (Å²) in [6, 6.07) is 1.49. The summed E-state index contributed by atoms with van der Waals surface area (Å²) in [6.07, 6.45) is 8.93. The quantitative estimate of drug-likeness (QED) is 0.445. The molecule has 0 saturated heterocycles. The Morgan fingerprint density at radius 3 is 2.82 bits per heavy atom. The predicted octanol–water partition coefficient (Wildman–Crippen LogP) is 2.64. The Morgan fingerprint density at radius 1 is 1.29 bits per heavy atom. The number of halogens is 2. The first-order valence-corrected chi connectivity index (χ1v) is 11.2. The third-order valence-electron chi connectivity index (χ3n) is 5.78. The van der Waals surface area contributed by atoms with E-state index in [4.69, 9.17) is 4.74 Å². The largest absolute Gasteiger partial charge is 0.473 e. The summed E-state index contributed by atoms with van der Waals surface area (Å²) in [4.78, 5) is 20.5. The Bertz CT molecular complexity index is 1160. The maximum atomic E-state index is 13.3. The fourth-order valence-electron chi connectivity index (χ4n) is 4.17. The van der Waals surface area contributed by atoms with Crippen LogP contribution in [-0.4, -0.2) is 85.8 Å². The zero-order valence-electron chi connectivity index (χ0n) is 19.5. The number of fused-ring (bicyclic) bond motifs is 1. The number of nitrogens with zero attached hydrogens (tertiary/aromatic N) is 7. The molecule has 0 spiro atoms. The van der Waals surface area contributed by atoms with Gasteiger partial charge in [-0.3, -0.25) is 9.48 Å². The van der Waals surface area contributed by atoms with Crippen molar-refractivity contribution in [3.8, 4) is 17.1 Å². The number of ether oxygens (including phenoxy) is 1. The van der Waals surface area contributed by atoms with E-state index in [9.17, 15) is 13.6 Å². The number of rotatable bonds is 9. The van der Waals surface area contributed by atoms with E-state index < -0.39 is 18.9 Å². The standard InChI is InChI=1S/C23H29F2N7O2/c1-29(2)10-4-5-22(33)31(15-21(24)25)17-6-7-18(11-17)34-23-20-8-9-26-32(20)14-19(28-23)16-12-27-30(3)13-16/h4-5,8-9,12-14,17-18,21H,6-7,10-11,15H2,1-3H3/b5-4+/t17-,18+/m0/s1. The van der Waals surface area contributed by atoms with Gasteiger partial charge in [0.1, 0.15) is 11.6 Å². The van der Waals surface area contributed by atoms with Crippen LogP contribution in [0.15, 0.2) is 43.0 Å². The van der Waals surface area contributed by atoms with Crippen LogP contribution >= 0.6 is 0 Å². The fourth-order valence-corrected chi connectivity index (χ4v) is 4.17. The molecule has 0 bridgehead atoms.